The molecule has 0 amide bonds. The van der Waals surface area contributed by atoms with Crippen molar-refractivity contribution in [2.45, 2.75) is 84.7 Å². The van der Waals surface area contributed by atoms with Crippen LogP contribution in [0.2, 0.25) is 0 Å². The molecule has 0 aromatic carbocycles. The highest BCUT2D eigenvalue weighted by Gasteiger charge is 2.35. The van der Waals surface area contributed by atoms with Crippen LogP contribution in [0.15, 0.2) is 55.5 Å². The molecule has 0 bridgehead atoms. The first-order valence-corrected chi connectivity index (χ1v) is 11.9. The molecule has 0 radical (unpaired) electrons. The summed E-state index contributed by atoms with van der Waals surface area (Å²) < 4.78 is 28.0. The van der Waals surface area contributed by atoms with Gasteiger partial charge in [-0.2, -0.15) is 0 Å². The minimum atomic E-state index is -2.87. The predicted octanol–water partition coefficient (Wildman–Crippen LogP) is 7.14. The molecule has 0 aliphatic carbocycles. The maximum atomic E-state index is 14.0. The van der Waals surface area contributed by atoms with E-state index >= 15 is 0 Å². The number of rotatable bonds is 13. The first kappa shape index (κ1) is 27.3. The normalized spacial score (nSPS) is 14.1. The summed E-state index contributed by atoms with van der Waals surface area (Å²) in [6.45, 7) is 19.5. The van der Waals surface area contributed by atoms with Gasteiger partial charge in [-0.1, -0.05) is 52.5 Å². The molecule has 2 N–H and O–H groups in total. The van der Waals surface area contributed by atoms with Crippen LogP contribution in [-0.2, 0) is 0 Å². The third-order valence-corrected chi connectivity index (χ3v) is 6.26. The van der Waals surface area contributed by atoms with E-state index in [-0.39, 0.29) is 12.0 Å². The number of nitrogens with one attached hydrogen (secondary N) is 2. The van der Waals surface area contributed by atoms with E-state index in [1.54, 1.807) is 13.1 Å². The molecule has 7 heteroatoms. The number of alkyl halides is 2. The van der Waals surface area contributed by atoms with Crippen LogP contribution in [0, 0.1) is 6.92 Å². The van der Waals surface area contributed by atoms with Gasteiger partial charge in [0.15, 0.2) is 0 Å². The van der Waals surface area contributed by atoms with Gasteiger partial charge in [-0.25, -0.2) is 18.7 Å². The van der Waals surface area contributed by atoms with Crippen LogP contribution >= 0.6 is 0 Å². The summed E-state index contributed by atoms with van der Waals surface area (Å²) in [5.74, 6) is -0.833. The van der Waals surface area contributed by atoms with Gasteiger partial charge >= 0.3 is 0 Å². The van der Waals surface area contributed by atoms with Crippen LogP contribution in [0.5, 0.6) is 0 Å². The van der Waals surface area contributed by atoms with E-state index < -0.39 is 12.0 Å². The molecule has 2 unspecified atom stereocenters. The fourth-order valence-corrected chi connectivity index (χ4v) is 4.12. The van der Waals surface area contributed by atoms with E-state index in [9.17, 15) is 8.78 Å². The quantitative estimate of drug-likeness (QED) is 0.325. The van der Waals surface area contributed by atoms with Crippen molar-refractivity contribution < 1.29 is 8.78 Å². The Balaban J connectivity index is 2.51. The summed E-state index contributed by atoms with van der Waals surface area (Å²) in [7, 11) is 0. The maximum Gasteiger partial charge on any atom is 0.265 e. The monoisotopic (exact) mass is 471 g/mol. The van der Waals surface area contributed by atoms with Crippen LogP contribution in [0.1, 0.15) is 71.6 Å². The number of hydrogen-bond acceptors (Lipinski definition) is 5. The Morgan fingerprint density at radius 3 is 2.35 bits per heavy atom. The lowest BCUT2D eigenvalue weighted by Gasteiger charge is -2.43. The molecule has 0 aliphatic heterocycles. The Hall–Kier alpha value is -2.96. The molecule has 34 heavy (non-hydrogen) atoms. The van der Waals surface area contributed by atoms with Gasteiger partial charge in [-0.15, -0.1) is 0 Å². The molecule has 2 atom stereocenters. The lowest BCUT2D eigenvalue weighted by Crippen LogP contribution is -2.48. The van der Waals surface area contributed by atoms with Crippen molar-refractivity contribution in [1.29, 1.82) is 0 Å². The topological polar surface area (TPSA) is 53.1 Å². The van der Waals surface area contributed by atoms with Gasteiger partial charge in [0.25, 0.3) is 5.92 Å². The van der Waals surface area contributed by atoms with Gasteiger partial charge in [-0.3, -0.25) is 0 Å². The predicted molar refractivity (Wildman–Crippen MR) is 139 cm³/mol. The van der Waals surface area contributed by atoms with Crippen molar-refractivity contribution in [3.63, 3.8) is 0 Å². The zero-order chi connectivity index (χ0) is 25.5. The standard InChI is InChI=1S/C27H39F2N5/c1-9-17-26(7,11-3)34(21(6)32-24-14-12-13-18-30-24)25-19(4)15-16-22(33-25)20(5)31-23(10-2)27(8,28)29/h12-16,18,23,31H,5-6,9-11,17H2,1-4,7-8H3,(H,30,32). The zero-order valence-corrected chi connectivity index (χ0v) is 21.4. The molecule has 2 aromatic rings. The van der Waals surface area contributed by atoms with Crippen molar-refractivity contribution in [3.8, 4) is 0 Å². The minimum Gasteiger partial charge on any atom is -0.375 e. The minimum absolute atomic E-state index is 0.266. The van der Waals surface area contributed by atoms with Crippen molar-refractivity contribution in [1.82, 2.24) is 15.3 Å². The first-order chi connectivity index (χ1) is 16.0. The number of aryl methyl sites for hydroxylation is 1. The van der Waals surface area contributed by atoms with Crippen molar-refractivity contribution in [2.75, 3.05) is 10.2 Å². The number of hydrogen-bond donors (Lipinski definition) is 2. The van der Waals surface area contributed by atoms with Gasteiger partial charge in [-0.05, 0) is 56.9 Å². The smallest absolute Gasteiger partial charge is 0.265 e. The molecule has 2 aromatic heterocycles. The van der Waals surface area contributed by atoms with E-state index in [4.69, 9.17) is 4.98 Å². The number of halogens is 2. The van der Waals surface area contributed by atoms with Crippen molar-refractivity contribution in [2.24, 2.45) is 0 Å². The Bertz CT molecular complexity index is 971. The van der Waals surface area contributed by atoms with Crippen LogP contribution in [0.4, 0.5) is 20.4 Å². The Morgan fingerprint density at radius 2 is 1.82 bits per heavy atom. The van der Waals surface area contributed by atoms with Gasteiger partial charge < -0.3 is 15.5 Å². The van der Waals surface area contributed by atoms with Crippen LogP contribution in [-0.4, -0.2) is 27.5 Å². The van der Waals surface area contributed by atoms with E-state index in [1.165, 1.54) is 0 Å². The maximum absolute atomic E-state index is 14.0. The molecule has 0 saturated carbocycles. The van der Waals surface area contributed by atoms with Crippen LogP contribution in [0.3, 0.4) is 0 Å². The highest BCUT2D eigenvalue weighted by atomic mass is 19.3. The lowest BCUT2D eigenvalue weighted by atomic mass is 9.90. The SMILES string of the molecule is C=C(NC(CC)C(C)(F)F)c1ccc(C)c(N(C(=C)Nc2ccccn2)C(C)(CC)CCC)n1. The fraction of sp³-hybridized carbons (Fsp3) is 0.481. The average molecular weight is 472 g/mol. The van der Waals surface area contributed by atoms with Crippen LogP contribution < -0.4 is 15.5 Å². The molecule has 0 fully saturated rings. The largest absolute Gasteiger partial charge is 0.375 e. The molecule has 0 aliphatic rings. The Morgan fingerprint density at radius 1 is 1.12 bits per heavy atom. The second-order valence-corrected chi connectivity index (χ2v) is 9.10. The molecular formula is C27H39F2N5. The Labute approximate surface area is 203 Å². The Kier molecular flexibility index (Phi) is 9.19. The fourth-order valence-electron chi connectivity index (χ4n) is 4.12. The van der Waals surface area contributed by atoms with E-state index in [0.717, 1.165) is 31.7 Å². The summed E-state index contributed by atoms with van der Waals surface area (Å²) in [5.41, 5.74) is 1.56. The number of pyridine rings is 2. The third kappa shape index (κ3) is 6.55. The van der Waals surface area contributed by atoms with Crippen molar-refractivity contribution in [3.05, 3.63) is 66.8 Å². The number of anilines is 2. The van der Waals surface area contributed by atoms with Gasteiger partial charge in [0.2, 0.25) is 0 Å². The summed E-state index contributed by atoms with van der Waals surface area (Å²) >= 11 is 0. The highest BCUT2D eigenvalue weighted by molar-refractivity contribution is 5.65. The zero-order valence-electron chi connectivity index (χ0n) is 21.4. The highest BCUT2D eigenvalue weighted by Crippen LogP contribution is 2.35. The molecule has 0 saturated heterocycles. The molecule has 2 heterocycles. The molecular weight excluding hydrogens is 432 g/mol. The summed E-state index contributed by atoms with van der Waals surface area (Å²) in [6.07, 6.45) is 4.74. The molecule has 186 valence electrons. The second kappa shape index (κ2) is 11.4. The number of aromatic nitrogens is 2. The second-order valence-electron chi connectivity index (χ2n) is 9.10. The summed E-state index contributed by atoms with van der Waals surface area (Å²) in [6, 6.07) is 8.38. The van der Waals surface area contributed by atoms with E-state index in [0.29, 0.717) is 28.8 Å². The van der Waals surface area contributed by atoms with Gasteiger partial charge in [0.05, 0.1) is 17.4 Å². The van der Waals surface area contributed by atoms with E-state index in [2.05, 4.69) is 54.4 Å². The summed E-state index contributed by atoms with van der Waals surface area (Å²) in [5, 5.41) is 6.20. The van der Waals surface area contributed by atoms with E-state index in [1.807, 2.05) is 37.3 Å². The van der Waals surface area contributed by atoms with Gasteiger partial charge in [0.1, 0.15) is 17.5 Å². The van der Waals surface area contributed by atoms with Crippen LogP contribution in [0.25, 0.3) is 5.70 Å². The number of nitrogens with zero attached hydrogens (tertiary/aromatic N) is 3. The third-order valence-electron chi connectivity index (χ3n) is 6.26. The summed E-state index contributed by atoms with van der Waals surface area (Å²) in [4.78, 5) is 11.4. The lowest BCUT2D eigenvalue weighted by molar-refractivity contribution is -0.0140. The van der Waals surface area contributed by atoms with Crippen molar-refractivity contribution >= 4 is 17.3 Å². The molecule has 2 rings (SSSR count). The molecule has 5 nitrogen and oxygen atoms in total. The average Bonchev–Trinajstić information content (AvgIpc) is 2.78. The molecule has 0 spiro atoms. The van der Waals surface area contributed by atoms with Gasteiger partial charge in [0, 0.05) is 18.7 Å². The first-order valence-electron chi connectivity index (χ1n) is 11.9.